The van der Waals surface area contributed by atoms with E-state index >= 15 is 0 Å². The van der Waals surface area contributed by atoms with E-state index in [-0.39, 0.29) is 24.2 Å². The summed E-state index contributed by atoms with van der Waals surface area (Å²) in [6, 6.07) is 17.4. The van der Waals surface area contributed by atoms with Crippen LogP contribution in [0.15, 0.2) is 61.2 Å². The summed E-state index contributed by atoms with van der Waals surface area (Å²) in [4.78, 5) is 29.1. The zero-order valence-electron chi connectivity index (χ0n) is 16.7. The fourth-order valence-electron chi connectivity index (χ4n) is 3.61. The molecule has 1 unspecified atom stereocenters. The molecule has 3 rings (SSSR count). The standard InChI is InChI=1S/C24H25N3O2/c1-3-11-26(16-21-6-4-5-20(12-21)14-25)24(29)22-13-23(28)27(17-22)15-19-9-7-18(2)8-10-19/h3-10,12,22H,1,11,13,15-17H2,2H3. The molecule has 0 radical (unpaired) electrons. The Hall–Kier alpha value is -3.39. The van der Waals surface area contributed by atoms with E-state index in [4.69, 9.17) is 5.26 Å². The Labute approximate surface area is 171 Å². The maximum absolute atomic E-state index is 13.1. The molecule has 29 heavy (non-hydrogen) atoms. The molecule has 1 heterocycles. The number of hydrogen-bond acceptors (Lipinski definition) is 3. The van der Waals surface area contributed by atoms with Crippen LogP contribution in [0.2, 0.25) is 0 Å². The van der Waals surface area contributed by atoms with Crippen LogP contribution in [0.25, 0.3) is 0 Å². The molecule has 1 aliphatic heterocycles. The molecular weight excluding hydrogens is 362 g/mol. The predicted octanol–water partition coefficient (Wildman–Crippen LogP) is 3.43. The number of aryl methyl sites for hydroxylation is 1. The van der Waals surface area contributed by atoms with Gasteiger partial charge in [-0.2, -0.15) is 5.26 Å². The van der Waals surface area contributed by atoms with Crippen molar-refractivity contribution in [1.29, 1.82) is 5.26 Å². The first kappa shape index (κ1) is 20.3. The van der Waals surface area contributed by atoms with E-state index in [1.165, 1.54) is 5.56 Å². The Kier molecular flexibility index (Phi) is 6.46. The van der Waals surface area contributed by atoms with E-state index in [0.717, 1.165) is 11.1 Å². The second-order valence-corrected chi connectivity index (χ2v) is 7.48. The summed E-state index contributed by atoms with van der Waals surface area (Å²) < 4.78 is 0. The van der Waals surface area contributed by atoms with Crippen LogP contribution in [-0.4, -0.2) is 34.7 Å². The van der Waals surface area contributed by atoms with Crippen molar-refractivity contribution in [2.75, 3.05) is 13.1 Å². The van der Waals surface area contributed by atoms with E-state index in [1.54, 1.807) is 28.0 Å². The molecule has 1 atom stereocenters. The average Bonchev–Trinajstić information content (AvgIpc) is 3.09. The number of likely N-dealkylation sites (tertiary alicyclic amines) is 1. The molecule has 2 aromatic rings. The molecule has 0 saturated carbocycles. The van der Waals surface area contributed by atoms with Crippen molar-refractivity contribution in [2.24, 2.45) is 5.92 Å². The van der Waals surface area contributed by atoms with Gasteiger partial charge in [-0.1, -0.05) is 48.0 Å². The van der Waals surface area contributed by atoms with Gasteiger partial charge in [0, 0.05) is 32.6 Å². The van der Waals surface area contributed by atoms with Gasteiger partial charge < -0.3 is 9.80 Å². The summed E-state index contributed by atoms with van der Waals surface area (Å²) in [5.74, 6) is -0.395. The van der Waals surface area contributed by atoms with Crippen LogP contribution in [0.3, 0.4) is 0 Å². The first-order valence-corrected chi connectivity index (χ1v) is 9.72. The molecule has 5 heteroatoms. The highest BCUT2D eigenvalue weighted by Crippen LogP contribution is 2.23. The average molecular weight is 387 g/mol. The number of rotatable bonds is 7. The molecule has 1 fully saturated rings. The second kappa shape index (κ2) is 9.20. The van der Waals surface area contributed by atoms with E-state index in [9.17, 15) is 9.59 Å². The molecule has 0 aromatic heterocycles. The Morgan fingerprint density at radius 3 is 2.72 bits per heavy atom. The van der Waals surface area contributed by atoms with Crippen molar-refractivity contribution in [1.82, 2.24) is 9.80 Å². The predicted molar refractivity (Wildman–Crippen MR) is 111 cm³/mol. The van der Waals surface area contributed by atoms with Gasteiger partial charge in [-0.3, -0.25) is 9.59 Å². The van der Waals surface area contributed by atoms with Crippen molar-refractivity contribution < 1.29 is 9.59 Å². The van der Waals surface area contributed by atoms with Gasteiger partial charge in [0.1, 0.15) is 0 Å². The first-order valence-electron chi connectivity index (χ1n) is 9.72. The van der Waals surface area contributed by atoms with Gasteiger partial charge in [-0.05, 0) is 30.2 Å². The molecule has 0 N–H and O–H groups in total. The molecule has 2 aromatic carbocycles. The van der Waals surface area contributed by atoms with Crippen LogP contribution >= 0.6 is 0 Å². The second-order valence-electron chi connectivity index (χ2n) is 7.48. The third-order valence-corrected chi connectivity index (χ3v) is 5.15. The highest BCUT2D eigenvalue weighted by atomic mass is 16.2. The van der Waals surface area contributed by atoms with Gasteiger partial charge in [0.05, 0.1) is 17.6 Å². The molecule has 0 spiro atoms. The number of carbonyl (C=O) groups is 2. The molecule has 1 aliphatic rings. The van der Waals surface area contributed by atoms with Crippen LogP contribution in [0.5, 0.6) is 0 Å². The van der Waals surface area contributed by atoms with Crippen molar-refractivity contribution in [2.45, 2.75) is 26.4 Å². The number of amides is 2. The minimum absolute atomic E-state index is 0.00829. The lowest BCUT2D eigenvalue weighted by Crippen LogP contribution is -2.37. The van der Waals surface area contributed by atoms with Gasteiger partial charge in [-0.15, -0.1) is 6.58 Å². The minimum atomic E-state index is -0.355. The number of benzene rings is 2. The van der Waals surface area contributed by atoms with Crippen LogP contribution in [0, 0.1) is 24.2 Å². The lowest BCUT2D eigenvalue weighted by atomic mass is 10.1. The molecule has 2 amide bonds. The number of nitriles is 1. The van der Waals surface area contributed by atoms with Gasteiger partial charge in [0.2, 0.25) is 11.8 Å². The Balaban J connectivity index is 1.68. The molecule has 0 bridgehead atoms. The van der Waals surface area contributed by atoms with Crippen LogP contribution in [0.4, 0.5) is 0 Å². The van der Waals surface area contributed by atoms with Crippen molar-refractivity contribution >= 4 is 11.8 Å². The van der Waals surface area contributed by atoms with Crippen molar-refractivity contribution in [3.8, 4) is 6.07 Å². The fraction of sp³-hybridized carbons (Fsp3) is 0.292. The maximum atomic E-state index is 13.1. The van der Waals surface area contributed by atoms with Crippen molar-refractivity contribution in [3.05, 3.63) is 83.4 Å². The molecule has 5 nitrogen and oxygen atoms in total. The van der Waals surface area contributed by atoms with Crippen molar-refractivity contribution in [3.63, 3.8) is 0 Å². The summed E-state index contributed by atoms with van der Waals surface area (Å²) in [5, 5.41) is 9.09. The lowest BCUT2D eigenvalue weighted by molar-refractivity contribution is -0.135. The number of carbonyl (C=O) groups excluding carboxylic acids is 2. The van der Waals surface area contributed by atoms with Gasteiger partial charge in [-0.25, -0.2) is 0 Å². The summed E-state index contributed by atoms with van der Waals surface area (Å²) in [7, 11) is 0. The summed E-state index contributed by atoms with van der Waals surface area (Å²) in [6.07, 6.45) is 1.92. The number of hydrogen-bond donors (Lipinski definition) is 0. The third kappa shape index (κ3) is 5.11. The van der Waals surface area contributed by atoms with Crippen LogP contribution in [-0.2, 0) is 22.7 Å². The quantitative estimate of drug-likeness (QED) is 0.684. The lowest BCUT2D eigenvalue weighted by Gasteiger charge is -2.25. The zero-order chi connectivity index (χ0) is 20.8. The zero-order valence-corrected chi connectivity index (χ0v) is 16.7. The summed E-state index contributed by atoms with van der Waals surface area (Å²) in [6.45, 7) is 7.53. The Bertz CT molecular complexity index is 943. The molecule has 0 aliphatic carbocycles. The first-order chi connectivity index (χ1) is 14.0. The normalized spacial score (nSPS) is 15.8. The minimum Gasteiger partial charge on any atom is -0.338 e. The van der Waals surface area contributed by atoms with Gasteiger partial charge in [0.25, 0.3) is 0 Å². The van der Waals surface area contributed by atoms with E-state index in [0.29, 0.717) is 31.7 Å². The van der Waals surface area contributed by atoms with Gasteiger partial charge >= 0.3 is 0 Å². The molecule has 1 saturated heterocycles. The van der Waals surface area contributed by atoms with Gasteiger partial charge in [0.15, 0.2) is 0 Å². The molecule has 148 valence electrons. The van der Waals surface area contributed by atoms with Crippen LogP contribution in [0.1, 0.15) is 28.7 Å². The topological polar surface area (TPSA) is 64.4 Å². The summed E-state index contributed by atoms with van der Waals surface area (Å²) >= 11 is 0. The summed E-state index contributed by atoms with van der Waals surface area (Å²) in [5.41, 5.74) is 3.69. The highest BCUT2D eigenvalue weighted by Gasteiger charge is 2.36. The Morgan fingerprint density at radius 1 is 1.28 bits per heavy atom. The fourth-order valence-corrected chi connectivity index (χ4v) is 3.61. The number of nitrogens with zero attached hydrogens (tertiary/aromatic N) is 3. The largest absolute Gasteiger partial charge is 0.338 e. The van der Waals surface area contributed by atoms with E-state index in [2.05, 4.69) is 12.6 Å². The van der Waals surface area contributed by atoms with E-state index in [1.807, 2.05) is 43.3 Å². The van der Waals surface area contributed by atoms with Crippen LogP contribution < -0.4 is 0 Å². The smallest absolute Gasteiger partial charge is 0.228 e. The highest BCUT2D eigenvalue weighted by molar-refractivity contribution is 5.89. The SMILES string of the molecule is C=CCN(Cc1cccc(C#N)c1)C(=O)C1CC(=O)N(Cc2ccc(C)cc2)C1. The Morgan fingerprint density at radius 2 is 2.03 bits per heavy atom. The molecular formula is C24H25N3O2. The maximum Gasteiger partial charge on any atom is 0.228 e. The third-order valence-electron chi connectivity index (χ3n) is 5.15. The van der Waals surface area contributed by atoms with E-state index < -0.39 is 0 Å². The monoisotopic (exact) mass is 387 g/mol.